The van der Waals surface area contributed by atoms with Crippen LogP contribution in [0.1, 0.15) is 24.2 Å². The molecule has 0 aromatic heterocycles. The third-order valence-corrected chi connectivity index (χ3v) is 4.76. The van der Waals surface area contributed by atoms with Crippen molar-refractivity contribution in [1.82, 2.24) is 0 Å². The zero-order chi connectivity index (χ0) is 16.8. The number of nitro benzene ring substituents is 1. The van der Waals surface area contributed by atoms with E-state index < -0.39 is 16.1 Å². The number of aliphatic carboxylic acids is 1. The fraction of sp³-hybridized carbons (Fsp3) is 0.235. The first-order chi connectivity index (χ1) is 11.0. The molecule has 120 valence electrons. The van der Waals surface area contributed by atoms with E-state index in [0.29, 0.717) is 11.3 Å². The highest BCUT2D eigenvalue weighted by molar-refractivity contribution is 8.00. The molecule has 0 fully saturated rings. The zero-order valence-electron chi connectivity index (χ0n) is 12.6. The van der Waals surface area contributed by atoms with Crippen molar-refractivity contribution in [2.24, 2.45) is 0 Å². The number of carboxylic acids is 1. The van der Waals surface area contributed by atoms with Gasteiger partial charge in [-0.25, -0.2) is 0 Å². The molecule has 0 amide bonds. The summed E-state index contributed by atoms with van der Waals surface area (Å²) in [5, 5.41) is 19.9. The lowest BCUT2D eigenvalue weighted by molar-refractivity contribution is -0.385. The minimum atomic E-state index is -1.06. The third kappa shape index (κ3) is 4.10. The fourth-order valence-corrected chi connectivity index (χ4v) is 3.26. The SMILES string of the molecule is CCCSC(C(=O)O)c1ccc(-c2ccccc2)cc1[N+](=O)[O-]. The molecule has 0 aliphatic carbocycles. The molecule has 6 heteroatoms. The first-order valence-corrected chi connectivity index (χ1v) is 8.27. The van der Waals surface area contributed by atoms with Crippen LogP contribution in [0.4, 0.5) is 5.69 Å². The van der Waals surface area contributed by atoms with Gasteiger partial charge in [0, 0.05) is 6.07 Å². The van der Waals surface area contributed by atoms with Crippen molar-refractivity contribution in [1.29, 1.82) is 0 Å². The Morgan fingerprint density at radius 3 is 2.48 bits per heavy atom. The molecule has 1 unspecified atom stereocenters. The Balaban J connectivity index is 2.48. The van der Waals surface area contributed by atoms with Crippen LogP contribution in [0.15, 0.2) is 48.5 Å². The zero-order valence-corrected chi connectivity index (χ0v) is 13.5. The van der Waals surface area contributed by atoms with Gasteiger partial charge >= 0.3 is 5.97 Å². The van der Waals surface area contributed by atoms with Gasteiger partial charge in [-0.3, -0.25) is 14.9 Å². The lowest BCUT2D eigenvalue weighted by Crippen LogP contribution is -2.11. The Labute approximate surface area is 138 Å². The van der Waals surface area contributed by atoms with Gasteiger partial charge in [0.2, 0.25) is 0 Å². The molecule has 0 aliphatic heterocycles. The van der Waals surface area contributed by atoms with Gasteiger partial charge in [-0.05, 0) is 29.4 Å². The van der Waals surface area contributed by atoms with Gasteiger partial charge in [0.15, 0.2) is 0 Å². The number of rotatable bonds is 7. The number of hydrogen-bond donors (Lipinski definition) is 1. The van der Waals surface area contributed by atoms with E-state index in [2.05, 4.69) is 0 Å². The van der Waals surface area contributed by atoms with Gasteiger partial charge < -0.3 is 5.11 Å². The highest BCUT2D eigenvalue weighted by atomic mass is 32.2. The van der Waals surface area contributed by atoms with Crippen molar-refractivity contribution in [3.63, 3.8) is 0 Å². The largest absolute Gasteiger partial charge is 0.480 e. The maximum atomic E-state index is 11.5. The number of carboxylic acid groups (broad SMARTS) is 1. The number of nitro groups is 1. The Hall–Kier alpha value is -2.34. The van der Waals surface area contributed by atoms with Crippen LogP contribution in [-0.2, 0) is 4.79 Å². The van der Waals surface area contributed by atoms with Crippen LogP contribution < -0.4 is 0 Å². The molecule has 0 radical (unpaired) electrons. The second-order valence-electron chi connectivity index (χ2n) is 4.99. The molecule has 2 rings (SSSR count). The highest BCUT2D eigenvalue weighted by Gasteiger charge is 2.28. The normalized spacial score (nSPS) is 11.9. The van der Waals surface area contributed by atoms with Gasteiger partial charge in [0.1, 0.15) is 5.25 Å². The van der Waals surface area contributed by atoms with Crippen LogP contribution in [0, 0.1) is 10.1 Å². The minimum absolute atomic E-state index is 0.151. The molecule has 2 aromatic carbocycles. The van der Waals surface area contributed by atoms with Crippen molar-refractivity contribution < 1.29 is 14.8 Å². The van der Waals surface area contributed by atoms with Gasteiger partial charge in [0.25, 0.3) is 5.69 Å². The van der Waals surface area contributed by atoms with Crippen molar-refractivity contribution in [2.45, 2.75) is 18.6 Å². The molecule has 2 aromatic rings. The molecule has 0 bridgehead atoms. The molecule has 0 saturated carbocycles. The van der Waals surface area contributed by atoms with Gasteiger partial charge in [0.05, 0.1) is 10.5 Å². The lowest BCUT2D eigenvalue weighted by Gasteiger charge is -2.13. The van der Waals surface area contributed by atoms with Crippen LogP contribution in [0.5, 0.6) is 0 Å². The summed E-state index contributed by atoms with van der Waals surface area (Å²) < 4.78 is 0. The van der Waals surface area contributed by atoms with Crippen LogP contribution in [-0.4, -0.2) is 21.8 Å². The summed E-state index contributed by atoms with van der Waals surface area (Å²) in [5.41, 5.74) is 1.64. The molecule has 0 heterocycles. The standard InChI is InChI=1S/C17H17NO4S/c1-2-10-23-16(17(19)20)14-9-8-13(11-15(14)18(21)22)12-6-4-3-5-7-12/h3-9,11,16H,2,10H2,1H3,(H,19,20). The van der Waals surface area contributed by atoms with Crippen LogP contribution in [0.25, 0.3) is 11.1 Å². The molecule has 5 nitrogen and oxygen atoms in total. The van der Waals surface area contributed by atoms with Crippen molar-refractivity contribution in [3.05, 3.63) is 64.2 Å². The number of nitrogens with zero attached hydrogens (tertiary/aromatic N) is 1. The topological polar surface area (TPSA) is 80.4 Å². The van der Waals surface area contributed by atoms with E-state index >= 15 is 0 Å². The molecule has 0 spiro atoms. The lowest BCUT2D eigenvalue weighted by atomic mass is 10.0. The number of thioether (sulfide) groups is 1. The maximum absolute atomic E-state index is 11.5. The van der Waals surface area contributed by atoms with E-state index in [4.69, 9.17) is 0 Å². The Morgan fingerprint density at radius 1 is 1.22 bits per heavy atom. The number of hydrogen-bond acceptors (Lipinski definition) is 4. The molecule has 0 saturated heterocycles. The van der Waals surface area contributed by atoms with E-state index in [1.807, 2.05) is 37.3 Å². The highest BCUT2D eigenvalue weighted by Crippen LogP contribution is 2.37. The van der Waals surface area contributed by atoms with E-state index in [0.717, 1.165) is 12.0 Å². The average Bonchev–Trinajstić information content (AvgIpc) is 2.55. The molecule has 23 heavy (non-hydrogen) atoms. The second-order valence-corrected chi connectivity index (χ2v) is 6.20. The van der Waals surface area contributed by atoms with Crippen LogP contribution in [0.2, 0.25) is 0 Å². The summed E-state index contributed by atoms with van der Waals surface area (Å²) in [6.45, 7) is 1.94. The van der Waals surface area contributed by atoms with Crippen LogP contribution >= 0.6 is 11.8 Å². The quantitative estimate of drug-likeness (QED) is 0.595. The van der Waals surface area contributed by atoms with E-state index in [9.17, 15) is 20.0 Å². The first kappa shape index (κ1) is 17.0. The summed E-state index contributed by atoms with van der Waals surface area (Å²) in [6.07, 6.45) is 0.810. The summed E-state index contributed by atoms with van der Waals surface area (Å²) >= 11 is 1.21. The van der Waals surface area contributed by atoms with Gasteiger partial charge in [-0.2, -0.15) is 0 Å². The minimum Gasteiger partial charge on any atom is -0.480 e. The summed E-state index contributed by atoms with van der Waals surface area (Å²) in [6, 6.07) is 14.0. The number of carbonyl (C=O) groups is 1. The number of benzene rings is 2. The van der Waals surface area contributed by atoms with E-state index in [-0.39, 0.29) is 11.3 Å². The molecule has 0 aliphatic rings. The predicted octanol–water partition coefficient (Wildman–Crippen LogP) is 4.53. The van der Waals surface area contributed by atoms with Crippen molar-refractivity contribution in [3.8, 4) is 11.1 Å². The molecule has 1 atom stereocenters. The maximum Gasteiger partial charge on any atom is 0.321 e. The Morgan fingerprint density at radius 2 is 1.91 bits per heavy atom. The smallest absolute Gasteiger partial charge is 0.321 e. The fourth-order valence-electron chi connectivity index (χ4n) is 2.26. The molecular formula is C17H17NO4S. The van der Waals surface area contributed by atoms with Gasteiger partial charge in [-0.1, -0.05) is 43.3 Å². The molecule has 1 N–H and O–H groups in total. The van der Waals surface area contributed by atoms with Crippen molar-refractivity contribution in [2.75, 3.05) is 5.75 Å². The predicted molar refractivity (Wildman–Crippen MR) is 91.7 cm³/mol. The van der Waals surface area contributed by atoms with Crippen molar-refractivity contribution >= 4 is 23.4 Å². The monoisotopic (exact) mass is 331 g/mol. The Bertz CT molecular complexity index is 703. The second kappa shape index (κ2) is 7.78. The van der Waals surface area contributed by atoms with Crippen LogP contribution in [0.3, 0.4) is 0 Å². The van der Waals surface area contributed by atoms with E-state index in [1.54, 1.807) is 12.1 Å². The summed E-state index contributed by atoms with van der Waals surface area (Å²) in [5.74, 6) is -0.423. The van der Waals surface area contributed by atoms with Gasteiger partial charge in [-0.15, -0.1) is 11.8 Å². The Kier molecular flexibility index (Phi) is 5.76. The summed E-state index contributed by atoms with van der Waals surface area (Å²) in [7, 11) is 0. The molecular weight excluding hydrogens is 314 g/mol. The average molecular weight is 331 g/mol. The van der Waals surface area contributed by atoms with E-state index in [1.165, 1.54) is 17.8 Å². The first-order valence-electron chi connectivity index (χ1n) is 7.22. The summed E-state index contributed by atoms with van der Waals surface area (Å²) in [4.78, 5) is 22.4. The third-order valence-electron chi connectivity index (χ3n) is 3.33.